The molecule has 0 spiro atoms. The predicted octanol–water partition coefficient (Wildman–Crippen LogP) is 1.14. The van der Waals surface area contributed by atoms with Gasteiger partial charge < -0.3 is 15.2 Å². The largest absolute Gasteiger partial charge is 0.478 e. The van der Waals surface area contributed by atoms with Gasteiger partial charge in [0.15, 0.2) is 0 Å². The van der Waals surface area contributed by atoms with E-state index in [1.165, 1.54) is 12.1 Å². The standard InChI is InChI=1S/C14H16N2O4/c1-7-9(14(18)19)3-4-10(15-7)13(17)16-11-6-8-2-5-12(11)20-8/h3-4,8,11-12H,2,5-6H2,1H3,(H,16,17)(H,18,19)/t8-,11-,12+/m1/s1. The molecule has 0 unspecified atom stereocenters. The molecule has 106 valence electrons. The molecule has 2 saturated heterocycles. The summed E-state index contributed by atoms with van der Waals surface area (Å²) in [6.45, 7) is 1.58. The summed E-state index contributed by atoms with van der Waals surface area (Å²) in [5, 5.41) is 11.9. The first-order chi connectivity index (χ1) is 9.54. The number of aromatic carboxylic acids is 1. The minimum absolute atomic E-state index is 0.0440. The van der Waals surface area contributed by atoms with Crippen LogP contribution in [0.4, 0.5) is 0 Å². The number of hydrogen-bond donors (Lipinski definition) is 2. The third kappa shape index (κ3) is 2.27. The summed E-state index contributed by atoms with van der Waals surface area (Å²) in [6.07, 6.45) is 3.29. The van der Waals surface area contributed by atoms with Crippen LogP contribution in [0.2, 0.25) is 0 Å². The molecule has 6 heteroatoms. The van der Waals surface area contributed by atoms with Gasteiger partial charge in [0.1, 0.15) is 5.69 Å². The van der Waals surface area contributed by atoms with Crippen molar-refractivity contribution in [3.63, 3.8) is 0 Å². The Balaban J connectivity index is 1.71. The Hall–Kier alpha value is -1.95. The maximum absolute atomic E-state index is 12.1. The van der Waals surface area contributed by atoms with Gasteiger partial charge in [-0.05, 0) is 38.3 Å². The molecule has 0 radical (unpaired) electrons. The second-order valence-electron chi connectivity index (χ2n) is 5.32. The van der Waals surface area contributed by atoms with E-state index in [-0.39, 0.29) is 35.4 Å². The van der Waals surface area contributed by atoms with Crippen molar-refractivity contribution < 1.29 is 19.4 Å². The average Bonchev–Trinajstić information content (AvgIpc) is 3.00. The number of pyridine rings is 1. The van der Waals surface area contributed by atoms with Gasteiger partial charge in [-0.15, -0.1) is 0 Å². The zero-order valence-corrected chi connectivity index (χ0v) is 11.1. The number of hydrogen-bond acceptors (Lipinski definition) is 4. The number of carbonyl (C=O) groups excluding carboxylic acids is 1. The zero-order valence-electron chi connectivity index (χ0n) is 11.1. The maximum Gasteiger partial charge on any atom is 0.337 e. The quantitative estimate of drug-likeness (QED) is 0.864. The number of aryl methyl sites for hydroxylation is 1. The van der Waals surface area contributed by atoms with Crippen molar-refractivity contribution >= 4 is 11.9 Å². The third-order valence-corrected chi connectivity index (χ3v) is 3.97. The minimum atomic E-state index is -1.04. The molecule has 2 aliphatic rings. The van der Waals surface area contributed by atoms with E-state index in [4.69, 9.17) is 9.84 Å². The van der Waals surface area contributed by atoms with E-state index in [1.807, 2.05) is 0 Å². The lowest BCUT2D eigenvalue weighted by Crippen LogP contribution is -2.41. The lowest BCUT2D eigenvalue weighted by Gasteiger charge is -2.19. The van der Waals surface area contributed by atoms with Crippen LogP contribution in [0.1, 0.15) is 45.8 Å². The van der Waals surface area contributed by atoms with Crippen molar-refractivity contribution in [1.29, 1.82) is 0 Å². The van der Waals surface area contributed by atoms with E-state index in [2.05, 4.69) is 10.3 Å². The summed E-state index contributed by atoms with van der Waals surface area (Å²) in [7, 11) is 0. The highest BCUT2D eigenvalue weighted by atomic mass is 16.5. The molecule has 2 aliphatic heterocycles. The predicted molar refractivity (Wildman–Crippen MR) is 69.7 cm³/mol. The normalized spacial score (nSPS) is 27.6. The summed E-state index contributed by atoms with van der Waals surface area (Å²) >= 11 is 0. The Morgan fingerprint density at radius 2 is 2.20 bits per heavy atom. The number of aromatic nitrogens is 1. The number of nitrogens with zero attached hydrogens (tertiary/aromatic N) is 1. The molecule has 20 heavy (non-hydrogen) atoms. The Bertz CT molecular complexity index is 572. The molecule has 0 aromatic carbocycles. The molecule has 2 N–H and O–H groups in total. The number of carboxylic acid groups (broad SMARTS) is 1. The van der Waals surface area contributed by atoms with Crippen LogP contribution in [-0.4, -0.2) is 40.2 Å². The maximum atomic E-state index is 12.1. The van der Waals surface area contributed by atoms with E-state index in [0.717, 1.165) is 19.3 Å². The molecule has 1 aromatic heterocycles. The van der Waals surface area contributed by atoms with Crippen LogP contribution in [0.3, 0.4) is 0 Å². The monoisotopic (exact) mass is 276 g/mol. The van der Waals surface area contributed by atoms with Gasteiger partial charge in [0, 0.05) is 0 Å². The second-order valence-corrected chi connectivity index (χ2v) is 5.32. The Morgan fingerprint density at radius 1 is 1.40 bits per heavy atom. The van der Waals surface area contributed by atoms with Gasteiger partial charge in [0.25, 0.3) is 5.91 Å². The summed E-state index contributed by atoms with van der Waals surface area (Å²) < 4.78 is 5.68. The van der Waals surface area contributed by atoms with E-state index in [1.54, 1.807) is 6.92 Å². The van der Waals surface area contributed by atoms with Crippen LogP contribution >= 0.6 is 0 Å². The summed E-state index contributed by atoms with van der Waals surface area (Å²) in [4.78, 5) is 27.1. The van der Waals surface area contributed by atoms with Crippen molar-refractivity contribution in [2.45, 2.75) is 44.4 Å². The SMILES string of the molecule is Cc1nc(C(=O)N[C@@H]2C[C@H]3CC[C@@H]2O3)ccc1C(=O)O. The first kappa shape index (κ1) is 13.1. The molecule has 0 saturated carbocycles. The van der Waals surface area contributed by atoms with Gasteiger partial charge in [-0.25, -0.2) is 9.78 Å². The van der Waals surface area contributed by atoms with Crippen molar-refractivity contribution in [3.8, 4) is 0 Å². The number of carboxylic acids is 1. The number of nitrogens with one attached hydrogen (secondary N) is 1. The number of carbonyl (C=O) groups is 2. The van der Waals surface area contributed by atoms with Crippen LogP contribution in [-0.2, 0) is 4.74 Å². The van der Waals surface area contributed by atoms with E-state index in [0.29, 0.717) is 5.69 Å². The molecule has 0 aliphatic carbocycles. The minimum Gasteiger partial charge on any atom is -0.478 e. The van der Waals surface area contributed by atoms with Gasteiger partial charge in [-0.3, -0.25) is 4.79 Å². The van der Waals surface area contributed by atoms with Gasteiger partial charge >= 0.3 is 5.97 Å². The van der Waals surface area contributed by atoms with Crippen LogP contribution in [0, 0.1) is 6.92 Å². The summed E-state index contributed by atoms with van der Waals surface area (Å²) in [5.74, 6) is -1.31. The molecule has 1 aromatic rings. The topological polar surface area (TPSA) is 88.5 Å². The van der Waals surface area contributed by atoms with Crippen molar-refractivity contribution in [1.82, 2.24) is 10.3 Å². The fourth-order valence-electron chi connectivity index (χ4n) is 2.95. The number of amides is 1. The third-order valence-electron chi connectivity index (χ3n) is 3.97. The molecule has 3 atom stereocenters. The van der Waals surface area contributed by atoms with Crippen molar-refractivity contribution in [2.75, 3.05) is 0 Å². The number of rotatable bonds is 3. The lowest BCUT2D eigenvalue weighted by molar-refractivity contribution is 0.0694. The second kappa shape index (κ2) is 4.86. The Labute approximate surface area is 116 Å². The number of ether oxygens (including phenoxy) is 1. The number of fused-ring (bicyclic) bond motifs is 2. The molecule has 2 fully saturated rings. The highest BCUT2D eigenvalue weighted by Crippen LogP contribution is 2.34. The van der Waals surface area contributed by atoms with E-state index < -0.39 is 5.97 Å². The van der Waals surface area contributed by atoms with Crippen LogP contribution in [0.5, 0.6) is 0 Å². The average molecular weight is 276 g/mol. The Kier molecular flexibility index (Phi) is 3.17. The van der Waals surface area contributed by atoms with Crippen LogP contribution in [0.15, 0.2) is 12.1 Å². The molecule has 6 nitrogen and oxygen atoms in total. The highest BCUT2D eigenvalue weighted by Gasteiger charge is 2.41. The molecular weight excluding hydrogens is 260 g/mol. The fraction of sp³-hybridized carbons (Fsp3) is 0.500. The summed E-state index contributed by atoms with van der Waals surface area (Å²) in [5.41, 5.74) is 0.703. The van der Waals surface area contributed by atoms with Gasteiger partial charge in [-0.1, -0.05) is 0 Å². The van der Waals surface area contributed by atoms with Gasteiger partial charge in [-0.2, -0.15) is 0 Å². The first-order valence-corrected chi connectivity index (χ1v) is 6.72. The van der Waals surface area contributed by atoms with Crippen molar-refractivity contribution in [2.24, 2.45) is 0 Å². The highest BCUT2D eigenvalue weighted by molar-refractivity contribution is 5.94. The molecule has 3 heterocycles. The van der Waals surface area contributed by atoms with Crippen LogP contribution in [0.25, 0.3) is 0 Å². The smallest absolute Gasteiger partial charge is 0.337 e. The van der Waals surface area contributed by atoms with Gasteiger partial charge in [0.05, 0.1) is 29.5 Å². The fourth-order valence-corrected chi connectivity index (χ4v) is 2.95. The van der Waals surface area contributed by atoms with E-state index in [9.17, 15) is 9.59 Å². The van der Waals surface area contributed by atoms with Gasteiger partial charge in [0.2, 0.25) is 0 Å². The molecule has 1 amide bonds. The lowest BCUT2D eigenvalue weighted by atomic mass is 9.95. The van der Waals surface area contributed by atoms with E-state index >= 15 is 0 Å². The molecule has 3 rings (SSSR count). The van der Waals surface area contributed by atoms with Crippen LogP contribution < -0.4 is 5.32 Å². The zero-order chi connectivity index (χ0) is 14.3. The molecular formula is C14H16N2O4. The Morgan fingerprint density at radius 3 is 2.75 bits per heavy atom. The molecule has 2 bridgehead atoms. The van der Waals surface area contributed by atoms with Crippen molar-refractivity contribution in [3.05, 3.63) is 29.1 Å². The summed E-state index contributed by atoms with van der Waals surface area (Å²) in [6, 6.07) is 2.90. The first-order valence-electron chi connectivity index (χ1n) is 6.72.